The van der Waals surface area contributed by atoms with Gasteiger partial charge in [0.1, 0.15) is 0 Å². The lowest BCUT2D eigenvalue weighted by Gasteiger charge is -2.04. The molecular weight excluding hydrogens is 256 g/mol. The highest BCUT2D eigenvalue weighted by molar-refractivity contribution is 5.84. The number of rotatable bonds is 1. The molecule has 20 heavy (non-hydrogen) atoms. The Morgan fingerprint density at radius 2 is 1.80 bits per heavy atom. The normalized spacial score (nSPS) is 12.8. The van der Waals surface area contributed by atoms with Crippen LogP contribution >= 0.6 is 0 Å². The zero-order valence-electron chi connectivity index (χ0n) is 10.4. The van der Waals surface area contributed by atoms with Gasteiger partial charge in [-0.1, -0.05) is 12.1 Å². The number of aromatic nitrogens is 2. The minimum absolute atomic E-state index is 0.141. The lowest BCUT2D eigenvalue weighted by atomic mass is 10.0. The van der Waals surface area contributed by atoms with E-state index in [1.54, 1.807) is 0 Å². The van der Waals surface area contributed by atoms with Crippen molar-refractivity contribution in [3.63, 3.8) is 0 Å². The summed E-state index contributed by atoms with van der Waals surface area (Å²) in [7, 11) is 0. The Morgan fingerprint density at radius 3 is 2.75 bits per heavy atom. The van der Waals surface area contributed by atoms with Crippen molar-refractivity contribution in [2.45, 2.75) is 0 Å². The fraction of sp³-hybridized carbons (Fsp3) is 0.0667. The minimum Gasteiger partial charge on any atom is -0.454 e. The Labute approximate surface area is 113 Å². The summed E-state index contributed by atoms with van der Waals surface area (Å²) in [5, 5.41) is 0.572. The molecule has 1 aromatic heterocycles. The second-order valence-electron chi connectivity index (χ2n) is 4.53. The second-order valence-corrected chi connectivity index (χ2v) is 4.53. The molecule has 0 unspecified atom stereocenters. The van der Waals surface area contributed by atoms with E-state index >= 15 is 0 Å². The van der Waals surface area contributed by atoms with Gasteiger partial charge in [-0.2, -0.15) is 0 Å². The van der Waals surface area contributed by atoms with Crippen LogP contribution in [0.15, 0.2) is 47.5 Å². The van der Waals surface area contributed by atoms with Crippen LogP contribution in [0.1, 0.15) is 0 Å². The summed E-state index contributed by atoms with van der Waals surface area (Å²) in [5.41, 5.74) is 2.45. The molecule has 0 aliphatic carbocycles. The first-order valence-corrected chi connectivity index (χ1v) is 6.19. The third kappa shape index (κ3) is 1.64. The summed E-state index contributed by atoms with van der Waals surface area (Å²) in [6.07, 6.45) is 1.41. The van der Waals surface area contributed by atoms with Crippen molar-refractivity contribution >= 4 is 10.9 Å². The van der Waals surface area contributed by atoms with Crippen molar-refractivity contribution in [3.05, 3.63) is 53.1 Å². The standard InChI is InChI=1S/C15H10N2O3/c18-15-11-5-9(1-3-12(11)16-7-17-15)10-2-4-13-14(6-10)20-8-19-13/h1-7H,8H2,(H,16,17,18). The average molecular weight is 266 g/mol. The molecule has 1 N–H and O–H groups in total. The number of aromatic amines is 1. The van der Waals surface area contributed by atoms with E-state index in [2.05, 4.69) is 9.97 Å². The molecule has 1 aliphatic heterocycles. The molecule has 0 bridgehead atoms. The van der Waals surface area contributed by atoms with E-state index in [0.717, 1.165) is 22.6 Å². The van der Waals surface area contributed by atoms with E-state index in [1.807, 2.05) is 36.4 Å². The Hall–Kier alpha value is -2.82. The molecule has 2 aromatic carbocycles. The topological polar surface area (TPSA) is 64.2 Å². The lowest BCUT2D eigenvalue weighted by Crippen LogP contribution is -2.05. The highest BCUT2D eigenvalue weighted by Gasteiger charge is 2.14. The minimum atomic E-state index is -0.141. The molecule has 0 fully saturated rings. The Balaban J connectivity index is 1.90. The first kappa shape index (κ1) is 11.0. The van der Waals surface area contributed by atoms with Crippen molar-refractivity contribution in [2.24, 2.45) is 0 Å². The fourth-order valence-corrected chi connectivity index (χ4v) is 2.32. The maximum atomic E-state index is 11.8. The molecule has 2 heterocycles. The average Bonchev–Trinajstić information content (AvgIpc) is 2.95. The summed E-state index contributed by atoms with van der Waals surface area (Å²) in [6, 6.07) is 11.3. The largest absolute Gasteiger partial charge is 0.454 e. The van der Waals surface area contributed by atoms with Gasteiger partial charge in [0.25, 0.3) is 5.56 Å². The SMILES string of the molecule is O=c1[nH]cnc2ccc(-c3ccc4c(c3)OCO4)cc12. The number of ether oxygens (including phenoxy) is 2. The van der Waals surface area contributed by atoms with Gasteiger partial charge in [-0.15, -0.1) is 0 Å². The number of fused-ring (bicyclic) bond motifs is 2. The first-order chi connectivity index (χ1) is 9.81. The zero-order valence-corrected chi connectivity index (χ0v) is 10.4. The number of hydrogen-bond donors (Lipinski definition) is 1. The van der Waals surface area contributed by atoms with E-state index < -0.39 is 0 Å². The first-order valence-electron chi connectivity index (χ1n) is 6.19. The number of nitrogens with one attached hydrogen (secondary N) is 1. The fourth-order valence-electron chi connectivity index (χ4n) is 2.32. The zero-order chi connectivity index (χ0) is 13.5. The molecule has 0 spiro atoms. The van der Waals surface area contributed by atoms with Crippen LogP contribution in [0.2, 0.25) is 0 Å². The summed E-state index contributed by atoms with van der Waals surface area (Å²) < 4.78 is 10.7. The van der Waals surface area contributed by atoms with E-state index in [4.69, 9.17) is 9.47 Å². The van der Waals surface area contributed by atoms with Crippen molar-refractivity contribution in [1.29, 1.82) is 0 Å². The lowest BCUT2D eigenvalue weighted by molar-refractivity contribution is 0.174. The van der Waals surface area contributed by atoms with Crippen molar-refractivity contribution in [1.82, 2.24) is 9.97 Å². The van der Waals surface area contributed by atoms with Crippen LogP contribution in [-0.4, -0.2) is 16.8 Å². The summed E-state index contributed by atoms with van der Waals surface area (Å²) in [5.74, 6) is 1.47. The molecular formula is C15H10N2O3. The quantitative estimate of drug-likeness (QED) is 0.734. The molecule has 0 saturated heterocycles. The Bertz CT molecular complexity index is 870. The molecule has 5 nitrogen and oxygen atoms in total. The number of benzene rings is 2. The van der Waals surface area contributed by atoms with Crippen LogP contribution in [0.3, 0.4) is 0 Å². The van der Waals surface area contributed by atoms with Gasteiger partial charge in [-0.3, -0.25) is 4.79 Å². The predicted molar refractivity (Wildman–Crippen MR) is 73.9 cm³/mol. The molecule has 0 saturated carbocycles. The van der Waals surface area contributed by atoms with Gasteiger partial charge in [0.05, 0.1) is 17.2 Å². The van der Waals surface area contributed by atoms with Crippen LogP contribution in [-0.2, 0) is 0 Å². The molecule has 0 atom stereocenters. The molecule has 0 amide bonds. The molecule has 98 valence electrons. The smallest absolute Gasteiger partial charge is 0.258 e. The van der Waals surface area contributed by atoms with Crippen LogP contribution < -0.4 is 15.0 Å². The third-order valence-corrected chi connectivity index (χ3v) is 3.35. The van der Waals surface area contributed by atoms with Crippen molar-refractivity contribution < 1.29 is 9.47 Å². The monoisotopic (exact) mass is 266 g/mol. The van der Waals surface area contributed by atoms with Crippen molar-refractivity contribution in [3.8, 4) is 22.6 Å². The summed E-state index contributed by atoms with van der Waals surface area (Å²) in [4.78, 5) is 18.5. The molecule has 4 rings (SSSR count). The van der Waals surface area contributed by atoms with E-state index in [0.29, 0.717) is 10.9 Å². The van der Waals surface area contributed by atoms with Gasteiger partial charge in [-0.05, 0) is 35.4 Å². The highest BCUT2D eigenvalue weighted by atomic mass is 16.7. The highest BCUT2D eigenvalue weighted by Crippen LogP contribution is 2.36. The summed E-state index contributed by atoms with van der Waals surface area (Å²) >= 11 is 0. The number of hydrogen-bond acceptors (Lipinski definition) is 4. The van der Waals surface area contributed by atoms with Gasteiger partial charge < -0.3 is 14.5 Å². The van der Waals surface area contributed by atoms with Crippen LogP contribution in [0, 0.1) is 0 Å². The predicted octanol–water partition coefficient (Wildman–Crippen LogP) is 2.32. The van der Waals surface area contributed by atoms with Crippen LogP contribution in [0.4, 0.5) is 0 Å². The molecule has 0 radical (unpaired) electrons. The Kier molecular flexibility index (Phi) is 2.26. The molecule has 5 heteroatoms. The second kappa shape index (κ2) is 4.09. The third-order valence-electron chi connectivity index (χ3n) is 3.35. The summed E-state index contributed by atoms with van der Waals surface area (Å²) in [6.45, 7) is 0.250. The van der Waals surface area contributed by atoms with Gasteiger partial charge in [0, 0.05) is 0 Å². The van der Waals surface area contributed by atoms with Gasteiger partial charge >= 0.3 is 0 Å². The van der Waals surface area contributed by atoms with Crippen LogP contribution in [0.25, 0.3) is 22.0 Å². The molecule has 1 aliphatic rings. The number of H-pyrrole nitrogens is 1. The number of nitrogens with zero attached hydrogens (tertiary/aromatic N) is 1. The van der Waals surface area contributed by atoms with E-state index in [9.17, 15) is 4.79 Å². The van der Waals surface area contributed by atoms with Gasteiger partial charge in [0.2, 0.25) is 6.79 Å². The Morgan fingerprint density at radius 1 is 1.00 bits per heavy atom. The maximum Gasteiger partial charge on any atom is 0.258 e. The van der Waals surface area contributed by atoms with Gasteiger partial charge in [0.15, 0.2) is 11.5 Å². The van der Waals surface area contributed by atoms with E-state index in [-0.39, 0.29) is 12.4 Å². The van der Waals surface area contributed by atoms with E-state index in [1.165, 1.54) is 6.33 Å². The van der Waals surface area contributed by atoms with Crippen molar-refractivity contribution in [2.75, 3.05) is 6.79 Å². The maximum absolute atomic E-state index is 11.8. The molecule has 3 aromatic rings. The van der Waals surface area contributed by atoms with Crippen LogP contribution in [0.5, 0.6) is 11.5 Å². The van der Waals surface area contributed by atoms with Gasteiger partial charge in [-0.25, -0.2) is 4.98 Å².